The number of carboxylic acid groups (broad SMARTS) is 1. The van der Waals surface area contributed by atoms with Gasteiger partial charge in [-0.15, -0.1) is 0 Å². The largest absolute Gasteiger partial charge is 0.481 e. The number of hydrogen-bond donors (Lipinski definition) is 2. The Morgan fingerprint density at radius 1 is 1.33 bits per heavy atom. The monoisotopic (exact) mass is 249 g/mol. The number of nitrogens with one attached hydrogen (secondary N) is 1. The van der Waals surface area contributed by atoms with E-state index < -0.39 is 5.97 Å². The van der Waals surface area contributed by atoms with Gasteiger partial charge in [-0.2, -0.15) is 0 Å². The Labute approximate surface area is 109 Å². The van der Waals surface area contributed by atoms with E-state index in [0.29, 0.717) is 13.0 Å². The fraction of sp³-hybridized carbons (Fsp3) is 0.533. The average Bonchev–Trinajstić information content (AvgIpc) is 2.33. The molecule has 0 aromatic heterocycles. The van der Waals surface area contributed by atoms with Gasteiger partial charge in [-0.05, 0) is 49.9 Å². The maximum absolute atomic E-state index is 10.8. The van der Waals surface area contributed by atoms with E-state index in [1.807, 2.05) is 6.92 Å². The van der Waals surface area contributed by atoms with Gasteiger partial charge in [0.2, 0.25) is 0 Å². The van der Waals surface area contributed by atoms with E-state index >= 15 is 0 Å². The fourth-order valence-corrected chi connectivity index (χ4v) is 1.87. The van der Waals surface area contributed by atoms with Crippen molar-refractivity contribution < 1.29 is 9.90 Å². The SMILES string of the molecule is CCC(CNCCc1ccc(C)c(C)c1)C(=O)O. The molecule has 1 aromatic carbocycles. The molecule has 0 bridgehead atoms. The number of hydrogen-bond acceptors (Lipinski definition) is 2. The van der Waals surface area contributed by atoms with E-state index in [0.717, 1.165) is 13.0 Å². The first-order chi connectivity index (χ1) is 8.54. The van der Waals surface area contributed by atoms with Crippen molar-refractivity contribution in [3.8, 4) is 0 Å². The summed E-state index contributed by atoms with van der Waals surface area (Å²) in [6, 6.07) is 6.47. The van der Waals surface area contributed by atoms with E-state index in [2.05, 4.69) is 37.4 Å². The average molecular weight is 249 g/mol. The summed E-state index contributed by atoms with van der Waals surface area (Å²) in [6.07, 6.45) is 1.61. The summed E-state index contributed by atoms with van der Waals surface area (Å²) in [5.41, 5.74) is 3.92. The summed E-state index contributed by atoms with van der Waals surface area (Å²) in [5, 5.41) is 12.1. The number of aliphatic carboxylic acids is 1. The van der Waals surface area contributed by atoms with Gasteiger partial charge in [0.05, 0.1) is 5.92 Å². The summed E-state index contributed by atoms with van der Waals surface area (Å²) in [7, 11) is 0. The molecule has 0 fully saturated rings. The third-order valence-electron chi connectivity index (χ3n) is 3.39. The first-order valence-electron chi connectivity index (χ1n) is 6.54. The van der Waals surface area contributed by atoms with Crippen molar-refractivity contribution in [3.63, 3.8) is 0 Å². The second-order valence-electron chi connectivity index (χ2n) is 4.82. The molecule has 0 aliphatic carbocycles. The van der Waals surface area contributed by atoms with Gasteiger partial charge in [0, 0.05) is 6.54 Å². The Morgan fingerprint density at radius 2 is 2.06 bits per heavy atom. The predicted molar refractivity (Wildman–Crippen MR) is 73.9 cm³/mol. The molecule has 0 spiro atoms. The van der Waals surface area contributed by atoms with Crippen molar-refractivity contribution in [2.45, 2.75) is 33.6 Å². The second kappa shape index (κ2) is 7.17. The lowest BCUT2D eigenvalue weighted by Gasteiger charge is -2.11. The van der Waals surface area contributed by atoms with E-state index in [4.69, 9.17) is 5.11 Å². The van der Waals surface area contributed by atoms with Gasteiger partial charge in [0.15, 0.2) is 0 Å². The van der Waals surface area contributed by atoms with Crippen molar-refractivity contribution in [1.29, 1.82) is 0 Å². The molecule has 3 heteroatoms. The Bertz CT molecular complexity index is 401. The minimum Gasteiger partial charge on any atom is -0.481 e. The van der Waals surface area contributed by atoms with Crippen LogP contribution in [0.5, 0.6) is 0 Å². The molecule has 0 radical (unpaired) electrons. The summed E-state index contributed by atoms with van der Waals surface area (Å²) >= 11 is 0. The van der Waals surface area contributed by atoms with Gasteiger partial charge in [0.1, 0.15) is 0 Å². The topological polar surface area (TPSA) is 49.3 Å². The molecular weight excluding hydrogens is 226 g/mol. The number of benzene rings is 1. The first-order valence-corrected chi connectivity index (χ1v) is 6.54. The summed E-state index contributed by atoms with van der Waals surface area (Å²) in [6.45, 7) is 7.51. The van der Waals surface area contributed by atoms with Gasteiger partial charge in [-0.25, -0.2) is 0 Å². The molecule has 0 saturated heterocycles. The maximum Gasteiger partial charge on any atom is 0.307 e. The molecule has 0 aliphatic heterocycles. The van der Waals surface area contributed by atoms with Crippen molar-refractivity contribution in [1.82, 2.24) is 5.32 Å². The van der Waals surface area contributed by atoms with Crippen LogP contribution in [-0.4, -0.2) is 24.2 Å². The highest BCUT2D eigenvalue weighted by atomic mass is 16.4. The smallest absolute Gasteiger partial charge is 0.307 e. The van der Waals surface area contributed by atoms with Gasteiger partial charge < -0.3 is 10.4 Å². The highest BCUT2D eigenvalue weighted by Gasteiger charge is 2.13. The van der Waals surface area contributed by atoms with Crippen molar-refractivity contribution in [2.24, 2.45) is 5.92 Å². The number of aryl methyl sites for hydroxylation is 2. The molecule has 1 atom stereocenters. The third kappa shape index (κ3) is 4.49. The highest BCUT2D eigenvalue weighted by Crippen LogP contribution is 2.10. The van der Waals surface area contributed by atoms with Crippen LogP contribution in [-0.2, 0) is 11.2 Å². The first kappa shape index (κ1) is 14.7. The second-order valence-corrected chi connectivity index (χ2v) is 4.82. The zero-order chi connectivity index (χ0) is 13.5. The maximum atomic E-state index is 10.8. The molecule has 0 heterocycles. The Hall–Kier alpha value is -1.35. The molecule has 2 N–H and O–H groups in total. The van der Waals surface area contributed by atoms with Crippen LogP contribution in [0.25, 0.3) is 0 Å². The van der Waals surface area contributed by atoms with Crippen molar-refractivity contribution >= 4 is 5.97 Å². The molecule has 0 amide bonds. The van der Waals surface area contributed by atoms with E-state index in [-0.39, 0.29) is 5.92 Å². The quantitative estimate of drug-likeness (QED) is 0.730. The van der Waals surface area contributed by atoms with Gasteiger partial charge in [-0.1, -0.05) is 25.1 Å². The Morgan fingerprint density at radius 3 is 2.61 bits per heavy atom. The number of carbonyl (C=O) groups is 1. The molecule has 0 aliphatic rings. The van der Waals surface area contributed by atoms with Gasteiger partial charge in [-0.3, -0.25) is 4.79 Å². The van der Waals surface area contributed by atoms with Gasteiger partial charge >= 0.3 is 5.97 Å². The van der Waals surface area contributed by atoms with Crippen LogP contribution in [0, 0.1) is 19.8 Å². The predicted octanol–water partition coefficient (Wildman–Crippen LogP) is 2.55. The molecule has 1 aromatic rings. The molecule has 0 saturated carbocycles. The molecular formula is C15H23NO2. The number of rotatable bonds is 7. The number of carboxylic acids is 1. The van der Waals surface area contributed by atoms with Crippen molar-refractivity contribution in [2.75, 3.05) is 13.1 Å². The minimum atomic E-state index is -0.712. The zero-order valence-corrected chi connectivity index (χ0v) is 11.5. The lowest BCUT2D eigenvalue weighted by molar-refractivity contribution is -0.141. The summed E-state index contributed by atoms with van der Waals surface area (Å²) < 4.78 is 0. The lowest BCUT2D eigenvalue weighted by atomic mass is 10.0. The normalized spacial score (nSPS) is 12.4. The van der Waals surface area contributed by atoms with Crippen LogP contribution in [0.15, 0.2) is 18.2 Å². The van der Waals surface area contributed by atoms with Crippen LogP contribution in [0.1, 0.15) is 30.0 Å². The summed E-state index contributed by atoms with van der Waals surface area (Å²) in [5.74, 6) is -0.985. The van der Waals surface area contributed by atoms with E-state index in [1.54, 1.807) is 0 Å². The van der Waals surface area contributed by atoms with Crippen LogP contribution < -0.4 is 5.32 Å². The molecule has 1 unspecified atom stereocenters. The Balaban J connectivity index is 2.33. The lowest BCUT2D eigenvalue weighted by Crippen LogP contribution is -2.29. The van der Waals surface area contributed by atoms with Crippen LogP contribution in [0.3, 0.4) is 0 Å². The van der Waals surface area contributed by atoms with Crippen LogP contribution >= 0.6 is 0 Å². The highest BCUT2D eigenvalue weighted by molar-refractivity contribution is 5.70. The molecule has 1 rings (SSSR count). The molecule has 18 heavy (non-hydrogen) atoms. The molecule has 100 valence electrons. The fourth-order valence-electron chi connectivity index (χ4n) is 1.87. The molecule has 3 nitrogen and oxygen atoms in total. The Kier molecular flexibility index (Phi) is 5.86. The van der Waals surface area contributed by atoms with Crippen LogP contribution in [0.2, 0.25) is 0 Å². The standard InChI is InChI=1S/C15H23NO2/c1-4-14(15(17)18)10-16-8-7-13-6-5-11(2)12(3)9-13/h5-6,9,14,16H,4,7-8,10H2,1-3H3,(H,17,18). The van der Waals surface area contributed by atoms with Crippen molar-refractivity contribution in [3.05, 3.63) is 34.9 Å². The van der Waals surface area contributed by atoms with E-state index in [9.17, 15) is 4.79 Å². The third-order valence-corrected chi connectivity index (χ3v) is 3.39. The van der Waals surface area contributed by atoms with Gasteiger partial charge in [0.25, 0.3) is 0 Å². The zero-order valence-electron chi connectivity index (χ0n) is 11.5. The van der Waals surface area contributed by atoms with Crippen LogP contribution in [0.4, 0.5) is 0 Å². The summed E-state index contributed by atoms with van der Waals surface area (Å²) in [4.78, 5) is 10.8. The minimum absolute atomic E-state index is 0.273. The van der Waals surface area contributed by atoms with E-state index in [1.165, 1.54) is 16.7 Å².